The third kappa shape index (κ3) is 4.76. The second-order valence-corrected chi connectivity index (χ2v) is 7.06. The third-order valence-electron chi connectivity index (χ3n) is 4.70. The number of aromatic nitrogens is 1. The maximum atomic E-state index is 9.46. The molecule has 7 nitrogen and oxygen atoms in total. The lowest BCUT2D eigenvalue weighted by atomic mass is 9.96. The molecule has 1 aromatic heterocycles. The number of nitriles is 3. The largest absolute Gasteiger partial charge is 0.476 e. The van der Waals surface area contributed by atoms with Crippen LogP contribution >= 0.6 is 11.6 Å². The zero-order valence-corrected chi connectivity index (χ0v) is 16.7. The molecule has 2 heterocycles. The number of benzene rings is 1. The summed E-state index contributed by atoms with van der Waals surface area (Å²) >= 11 is 6.17. The molecule has 1 atom stereocenters. The molecule has 0 spiro atoms. The fourth-order valence-corrected chi connectivity index (χ4v) is 3.58. The Kier molecular flexibility index (Phi) is 6.52. The molecule has 1 N–H and O–H groups in total. The molecule has 0 aliphatic carbocycles. The zero-order chi connectivity index (χ0) is 20.8. The fourth-order valence-electron chi connectivity index (χ4n) is 3.34. The van der Waals surface area contributed by atoms with Crippen LogP contribution in [0.5, 0.6) is 5.75 Å². The molecular formula is C21H19ClN6O. The van der Waals surface area contributed by atoms with E-state index in [1.165, 1.54) is 0 Å². The lowest BCUT2D eigenvalue weighted by Crippen LogP contribution is -2.31. The molecule has 1 aliphatic heterocycles. The number of fused-ring (bicyclic) bond motifs is 1. The SMILES string of the molecule is CC(C#N)Oc1ccc(CN2CCc3c(C#N)c(Cl)nc(NCC#N)c3C2)cc1. The van der Waals surface area contributed by atoms with Crippen molar-refractivity contribution in [2.24, 2.45) is 0 Å². The Hall–Kier alpha value is -3.31. The maximum absolute atomic E-state index is 9.46. The van der Waals surface area contributed by atoms with Crippen molar-refractivity contribution in [3.8, 4) is 24.0 Å². The molecule has 29 heavy (non-hydrogen) atoms. The summed E-state index contributed by atoms with van der Waals surface area (Å²) in [6, 6.07) is 13.9. The van der Waals surface area contributed by atoms with E-state index in [-0.39, 0.29) is 11.7 Å². The first kappa shape index (κ1) is 20.4. The minimum Gasteiger partial charge on any atom is -0.476 e. The topological polar surface area (TPSA) is 109 Å². The Bertz CT molecular complexity index is 1020. The first-order chi connectivity index (χ1) is 14.0. The van der Waals surface area contributed by atoms with Crippen molar-refractivity contribution in [1.29, 1.82) is 15.8 Å². The third-order valence-corrected chi connectivity index (χ3v) is 4.97. The van der Waals surface area contributed by atoms with Crippen molar-refractivity contribution in [3.05, 3.63) is 51.7 Å². The van der Waals surface area contributed by atoms with E-state index in [1.807, 2.05) is 36.4 Å². The van der Waals surface area contributed by atoms with Gasteiger partial charge in [-0.15, -0.1) is 0 Å². The summed E-state index contributed by atoms with van der Waals surface area (Å²) in [4.78, 5) is 6.55. The molecule has 0 radical (unpaired) electrons. The molecule has 0 saturated heterocycles. The van der Waals surface area contributed by atoms with E-state index >= 15 is 0 Å². The van der Waals surface area contributed by atoms with Gasteiger partial charge >= 0.3 is 0 Å². The fraction of sp³-hybridized carbons (Fsp3) is 0.333. The molecule has 0 saturated carbocycles. The van der Waals surface area contributed by atoms with Crippen molar-refractivity contribution >= 4 is 17.4 Å². The first-order valence-electron chi connectivity index (χ1n) is 9.15. The Balaban J connectivity index is 1.77. The number of anilines is 1. The minimum atomic E-state index is -0.493. The molecule has 2 aromatic rings. The molecule has 1 unspecified atom stereocenters. The summed E-state index contributed by atoms with van der Waals surface area (Å²) < 4.78 is 5.48. The van der Waals surface area contributed by atoms with Gasteiger partial charge in [-0.2, -0.15) is 15.8 Å². The lowest BCUT2D eigenvalue weighted by Gasteiger charge is -2.30. The van der Waals surface area contributed by atoms with Crippen LogP contribution in [0.3, 0.4) is 0 Å². The number of nitrogens with zero attached hydrogens (tertiary/aromatic N) is 5. The van der Waals surface area contributed by atoms with Gasteiger partial charge in [0.15, 0.2) is 6.10 Å². The number of halogens is 1. The van der Waals surface area contributed by atoms with E-state index in [9.17, 15) is 5.26 Å². The van der Waals surface area contributed by atoms with Gasteiger partial charge in [-0.05, 0) is 36.6 Å². The molecule has 1 aliphatic rings. The molecule has 8 heteroatoms. The van der Waals surface area contributed by atoms with E-state index in [2.05, 4.69) is 21.3 Å². The highest BCUT2D eigenvalue weighted by atomic mass is 35.5. The molecule has 0 bridgehead atoms. The first-order valence-corrected chi connectivity index (χ1v) is 9.53. The van der Waals surface area contributed by atoms with Crippen molar-refractivity contribution in [2.45, 2.75) is 32.5 Å². The monoisotopic (exact) mass is 406 g/mol. The Morgan fingerprint density at radius 3 is 2.66 bits per heavy atom. The van der Waals surface area contributed by atoms with Crippen molar-refractivity contribution in [1.82, 2.24) is 9.88 Å². The normalized spacial score (nSPS) is 14.0. The van der Waals surface area contributed by atoms with E-state index in [4.69, 9.17) is 26.9 Å². The quantitative estimate of drug-likeness (QED) is 0.578. The average Bonchev–Trinajstić information content (AvgIpc) is 2.73. The van der Waals surface area contributed by atoms with Crippen LogP contribution in [-0.2, 0) is 19.5 Å². The maximum Gasteiger partial charge on any atom is 0.181 e. The molecule has 0 amide bonds. The van der Waals surface area contributed by atoms with Crippen LogP contribution in [-0.4, -0.2) is 29.1 Å². The second kappa shape index (κ2) is 9.26. The van der Waals surface area contributed by atoms with Gasteiger partial charge in [-0.25, -0.2) is 4.98 Å². The predicted molar refractivity (Wildman–Crippen MR) is 108 cm³/mol. The molecule has 0 fully saturated rings. The van der Waals surface area contributed by atoms with Gasteiger partial charge in [0.1, 0.15) is 35.4 Å². The smallest absolute Gasteiger partial charge is 0.181 e. The number of hydrogen-bond acceptors (Lipinski definition) is 7. The van der Waals surface area contributed by atoms with Crippen molar-refractivity contribution in [2.75, 3.05) is 18.4 Å². The Morgan fingerprint density at radius 2 is 2.00 bits per heavy atom. The van der Waals surface area contributed by atoms with Gasteiger partial charge in [0, 0.05) is 25.2 Å². The number of ether oxygens (including phenoxy) is 1. The summed E-state index contributed by atoms with van der Waals surface area (Å²) in [5, 5.41) is 30.3. The highest BCUT2D eigenvalue weighted by molar-refractivity contribution is 6.30. The van der Waals surface area contributed by atoms with E-state index < -0.39 is 6.10 Å². The van der Waals surface area contributed by atoms with Crippen LogP contribution in [0.2, 0.25) is 5.15 Å². The molecule has 3 rings (SSSR count). The minimum absolute atomic E-state index is 0.115. The Labute approximate surface area is 174 Å². The number of rotatable bonds is 6. The van der Waals surface area contributed by atoms with Crippen LogP contribution in [0.15, 0.2) is 24.3 Å². The van der Waals surface area contributed by atoms with Crippen LogP contribution in [0.4, 0.5) is 5.82 Å². The van der Waals surface area contributed by atoms with Crippen LogP contribution in [0.1, 0.15) is 29.2 Å². The van der Waals surface area contributed by atoms with Gasteiger partial charge < -0.3 is 10.1 Å². The predicted octanol–water partition coefficient (Wildman–Crippen LogP) is 3.39. The zero-order valence-electron chi connectivity index (χ0n) is 15.9. The van der Waals surface area contributed by atoms with Crippen LogP contribution in [0, 0.1) is 34.0 Å². The number of hydrogen-bond donors (Lipinski definition) is 1. The van der Waals surface area contributed by atoms with Crippen molar-refractivity contribution < 1.29 is 4.74 Å². The van der Waals surface area contributed by atoms with Gasteiger partial charge in [0.25, 0.3) is 0 Å². The highest BCUT2D eigenvalue weighted by Gasteiger charge is 2.25. The van der Waals surface area contributed by atoms with Gasteiger partial charge in [0.2, 0.25) is 0 Å². The van der Waals surface area contributed by atoms with Gasteiger partial charge in [-0.3, -0.25) is 4.90 Å². The summed E-state index contributed by atoms with van der Waals surface area (Å²) in [6.07, 6.45) is 0.190. The molecule has 146 valence electrons. The van der Waals surface area contributed by atoms with Crippen LogP contribution in [0.25, 0.3) is 0 Å². The van der Waals surface area contributed by atoms with E-state index in [0.29, 0.717) is 30.1 Å². The standard InChI is InChI=1S/C21H19ClN6O/c1-14(10-24)29-16-4-2-15(3-5-16)12-28-9-6-17-18(11-25)20(22)27-21(19(17)13-28)26-8-7-23/h2-5,14H,6,8-9,12-13H2,1H3,(H,26,27). The summed E-state index contributed by atoms with van der Waals surface area (Å²) in [7, 11) is 0. The van der Waals surface area contributed by atoms with E-state index in [0.717, 1.165) is 29.8 Å². The van der Waals surface area contributed by atoms with Crippen LogP contribution < -0.4 is 10.1 Å². The Morgan fingerprint density at radius 1 is 1.24 bits per heavy atom. The van der Waals surface area contributed by atoms with E-state index in [1.54, 1.807) is 6.92 Å². The summed E-state index contributed by atoms with van der Waals surface area (Å²) in [6.45, 7) is 3.92. The lowest BCUT2D eigenvalue weighted by molar-refractivity contribution is 0.245. The van der Waals surface area contributed by atoms with Gasteiger partial charge in [0.05, 0.1) is 11.6 Å². The second-order valence-electron chi connectivity index (χ2n) is 6.70. The summed E-state index contributed by atoms with van der Waals surface area (Å²) in [5.74, 6) is 1.22. The number of pyridine rings is 1. The summed E-state index contributed by atoms with van der Waals surface area (Å²) in [5.41, 5.74) is 3.34. The molecule has 1 aromatic carbocycles. The average molecular weight is 407 g/mol. The van der Waals surface area contributed by atoms with Gasteiger partial charge in [-0.1, -0.05) is 23.7 Å². The molecular weight excluding hydrogens is 388 g/mol. The number of nitrogens with one attached hydrogen (secondary N) is 1. The highest BCUT2D eigenvalue weighted by Crippen LogP contribution is 2.32. The van der Waals surface area contributed by atoms with Crippen molar-refractivity contribution in [3.63, 3.8) is 0 Å².